The van der Waals surface area contributed by atoms with Crippen molar-refractivity contribution in [2.24, 2.45) is 11.7 Å². The molecule has 9 nitrogen and oxygen atoms in total. The van der Waals surface area contributed by atoms with Crippen molar-refractivity contribution in [3.05, 3.63) is 12.8 Å². The lowest BCUT2D eigenvalue weighted by atomic mass is 10.0. The molecule has 20 heavy (non-hydrogen) atoms. The van der Waals surface area contributed by atoms with E-state index in [0.717, 1.165) is 0 Å². The fourth-order valence-corrected chi connectivity index (χ4v) is 2.35. The zero-order valence-corrected chi connectivity index (χ0v) is 12.7. The number of rotatable bonds is 12. The molecule has 120 valence electrons. The SMILES string of the molecule is C=COP(=O)([O-])OCC(CCCCN)COP(=O)([O-])O. The van der Waals surface area contributed by atoms with Crippen LogP contribution in [0.2, 0.25) is 0 Å². The summed E-state index contributed by atoms with van der Waals surface area (Å²) in [7, 11) is -9.37. The number of hydrogen-bond acceptors (Lipinski definition) is 8. The van der Waals surface area contributed by atoms with Crippen molar-refractivity contribution in [3.63, 3.8) is 0 Å². The summed E-state index contributed by atoms with van der Waals surface area (Å²) in [6.07, 6.45) is 2.44. The maximum absolute atomic E-state index is 11.2. The molecule has 0 saturated carbocycles. The van der Waals surface area contributed by atoms with Gasteiger partial charge in [0.15, 0.2) is 0 Å². The second-order valence-electron chi connectivity index (χ2n) is 3.93. The van der Waals surface area contributed by atoms with Crippen LogP contribution < -0.4 is 15.5 Å². The van der Waals surface area contributed by atoms with Gasteiger partial charge in [0.2, 0.25) is 0 Å². The number of phosphoric acid groups is 2. The minimum atomic E-state index is -4.86. The molecule has 0 bridgehead atoms. The Balaban J connectivity index is 4.33. The van der Waals surface area contributed by atoms with Gasteiger partial charge < -0.3 is 34.0 Å². The molecule has 0 aromatic rings. The third-order valence-electron chi connectivity index (χ3n) is 2.21. The first kappa shape index (κ1) is 19.8. The number of phosphoric ester groups is 2. The van der Waals surface area contributed by atoms with E-state index in [-0.39, 0.29) is 6.61 Å². The fraction of sp³-hybridized carbons (Fsp3) is 0.778. The van der Waals surface area contributed by atoms with Crippen LogP contribution in [0.25, 0.3) is 0 Å². The van der Waals surface area contributed by atoms with Crippen molar-refractivity contribution in [2.45, 2.75) is 19.3 Å². The Morgan fingerprint density at radius 1 is 1.25 bits per heavy atom. The largest absolute Gasteiger partial charge is 0.756 e. The highest BCUT2D eigenvalue weighted by Crippen LogP contribution is 2.39. The summed E-state index contributed by atoms with van der Waals surface area (Å²) in [4.78, 5) is 30.2. The highest BCUT2D eigenvalue weighted by molar-refractivity contribution is 7.46. The second-order valence-corrected chi connectivity index (χ2v) is 6.49. The molecule has 0 spiro atoms. The molecule has 0 aromatic heterocycles. The van der Waals surface area contributed by atoms with Crippen LogP contribution in [0, 0.1) is 5.92 Å². The van der Waals surface area contributed by atoms with Gasteiger partial charge in [0.25, 0.3) is 7.82 Å². The van der Waals surface area contributed by atoms with Gasteiger partial charge in [0.05, 0.1) is 19.5 Å². The van der Waals surface area contributed by atoms with Gasteiger partial charge in [-0.25, -0.2) is 0 Å². The third kappa shape index (κ3) is 11.6. The Kier molecular flexibility index (Phi) is 9.54. The van der Waals surface area contributed by atoms with Gasteiger partial charge >= 0.3 is 7.82 Å². The summed E-state index contributed by atoms with van der Waals surface area (Å²) in [5.74, 6) is -0.549. The summed E-state index contributed by atoms with van der Waals surface area (Å²) >= 11 is 0. The van der Waals surface area contributed by atoms with E-state index in [1.807, 2.05) is 0 Å². The van der Waals surface area contributed by atoms with E-state index in [2.05, 4.69) is 20.2 Å². The molecule has 0 amide bonds. The van der Waals surface area contributed by atoms with E-state index in [9.17, 15) is 18.9 Å². The lowest BCUT2D eigenvalue weighted by Gasteiger charge is -2.25. The molecule has 0 aliphatic heterocycles. The topological polar surface area (TPSA) is 154 Å². The van der Waals surface area contributed by atoms with Crippen LogP contribution in [0.4, 0.5) is 0 Å². The quantitative estimate of drug-likeness (QED) is 0.282. The van der Waals surface area contributed by atoms with E-state index in [1.165, 1.54) is 0 Å². The average Bonchev–Trinajstić information content (AvgIpc) is 2.31. The molecule has 3 atom stereocenters. The Hall–Kier alpha value is -0.240. The highest BCUT2D eigenvalue weighted by atomic mass is 31.2. The number of nitrogens with two attached hydrogens (primary N) is 1. The molecule has 0 aliphatic rings. The van der Waals surface area contributed by atoms with E-state index < -0.39 is 28.2 Å². The lowest BCUT2D eigenvalue weighted by molar-refractivity contribution is -0.223. The zero-order valence-electron chi connectivity index (χ0n) is 10.9. The van der Waals surface area contributed by atoms with Crippen LogP contribution in [0.5, 0.6) is 0 Å². The van der Waals surface area contributed by atoms with Crippen molar-refractivity contribution in [1.29, 1.82) is 0 Å². The highest BCUT2D eigenvalue weighted by Gasteiger charge is 2.17. The maximum Gasteiger partial charge on any atom is 0.319 e. The van der Waals surface area contributed by atoms with Crippen LogP contribution in [0.1, 0.15) is 19.3 Å². The standard InChI is InChI=1S/C9H21NO8P2/c1-2-16-20(14,15)18-8-9(5-3-4-6-10)7-17-19(11,12)13/h2,9H,1,3-8,10H2,(H,14,15)(H2,11,12,13)/p-2. The van der Waals surface area contributed by atoms with E-state index >= 15 is 0 Å². The zero-order chi connectivity index (χ0) is 15.6. The van der Waals surface area contributed by atoms with Crippen molar-refractivity contribution < 1.29 is 37.4 Å². The number of hydrogen-bond donors (Lipinski definition) is 2. The Morgan fingerprint density at radius 3 is 2.35 bits per heavy atom. The first-order valence-corrected chi connectivity index (χ1v) is 8.79. The summed E-state index contributed by atoms with van der Waals surface area (Å²) < 4.78 is 34.6. The normalized spacial score (nSPS) is 18.8. The predicted octanol–water partition coefficient (Wildman–Crippen LogP) is -0.146. The van der Waals surface area contributed by atoms with Gasteiger partial charge in [0.1, 0.15) is 0 Å². The summed E-state index contributed by atoms with van der Waals surface area (Å²) in [6.45, 7) is 2.80. The van der Waals surface area contributed by atoms with Crippen LogP contribution in [-0.4, -0.2) is 24.7 Å². The Bertz CT molecular complexity index is 371. The van der Waals surface area contributed by atoms with Crippen molar-refractivity contribution in [2.75, 3.05) is 19.8 Å². The summed E-state index contributed by atoms with van der Waals surface area (Å²) in [5.41, 5.74) is 5.32. The lowest BCUT2D eigenvalue weighted by Crippen LogP contribution is -2.19. The summed E-state index contributed by atoms with van der Waals surface area (Å²) in [5, 5.41) is 0. The van der Waals surface area contributed by atoms with Gasteiger partial charge in [-0.05, 0) is 19.4 Å². The maximum atomic E-state index is 11.2. The summed E-state index contributed by atoms with van der Waals surface area (Å²) in [6, 6.07) is 0. The molecule has 0 saturated heterocycles. The van der Waals surface area contributed by atoms with Gasteiger partial charge in [-0.2, -0.15) is 0 Å². The fourth-order valence-electron chi connectivity index (χ4n) is 1.31. The van der Waals surface area contributed by atoms with E-state index in [1.54, 1.807) is 0 Å². The molecule has 3 N–H and O–H groups in total. The van der Waals surface area contributed by atoms with Crippen LogP contribution >= 0.6 is 15.6 Å². The van der Waals surface area contributed by atoms with Crippen molar-refractivity contribution in [1.82, 2.24) is 0 Å². The first-order valence-electron chi connectivity index (χ1n) is 5.83. The Labute approximate surface area is 117 Å². The van der Waals surface area contributed by atoms with Crippen LogP contribution in [0.15, 0.2) is 12.8 Å². The molecule has 0 fully saturated rings. The molecule has 0 rings (SSSR count). The van der Waals surface area contributed by atoms with E-state index in [4.69, 9.17) is 10.6 Å². The minimum absolute atomic E-state index is 0.334. The minimum Gasteiger partial charge on any atom is -0.756 e. The molecule has 11 heteroatoms. The van der Waals surface area contributed by atoms with Crippen LogP contribution in [0.3, 0.4) is 0 Å². The molecule has 0 heterocycles. The monoisotopic (exact) mass is 331 g/mol. The number of unbranched alkanes of at least 4 members (excludes halogenated alkanes) is 1. The van der Waals surface area contributed by atoms with Gasteiger partial charge in [-0.3, -0.25) is 9.13 Å². The molecule has 0 aliphatic carbocycles. The van der Waals surface area contributed by atoms with Crippen molar-refractivity contribution in [3.8, 4) is 0 Å². The second kappa shape index (κ2) is 9.65. The average molecular weight is 331 g/mol. The van der Waals surface area contributed by atoms with Crippen molar-refractivity contribution >= 4 is 15.6 Å². The van der Waals surface area contributed by atoms with Gasteiger partial charge in [0, 0.05) is 5.92 Å². The molecular weight excluding hydrogens is 312 g/mol. The molecular formula is C9H19NO8P2-2. The van der Waals surface area contributed by atoms with Gasteiger partial charge in [-0.15, -0.1) is 0 Å². The first-order chi connectivity index (χ1) is 9.20. The third-order valence-corrected chi connectivity index (χ3v) is 3.56. The van der Waals surface area contributed by atoms with Gasteiger partial charge in [-0.1, -0.05) is 13.0 Å². The predicted molar refractivity (Wildman–Crippen MR) is 67.0 cm³/mol. The molecule has 3 unspecified atom stereocenters. The smallest absolute Gasteiger partial charge is 0.319 e. The van der Waals surface area contributed by atoms with Crippen LogP contribution in [-0.2, 0) is 22.7 Å². The Morgan fingerprint density at radius 2 is 1.85 bits per heavy atom. The molecule has 0 radical (unpaired) electrons. The molecule has 0 aromatic carbocycles. The van der Waals surface area contributed by atoms with E-state index in [0.29, 0.717) is 32.1 Å².